The zero-order valence-corrected chi connectivity index (χ0v) is 13.0. The molecule has 1 saturated carbocycles. The van der Waals surface area contributed by atoms with Crippen molar-refractivity contribution in [2.75, 3.05) is 0 Å². The average molecular weight is 290 g/mol. The van der Waals surface area contributed by atoms with Crippen molar-refractivity contribution >= 4 is 17.5 Å². The summed E-state index contributed by atoms with van der Waals surface area (Å²) in [7, 11) is 0. The third-order valence-electron chi connectivity index (χ3n) is 3.66. The third-order valence-corrected chi connectivity index (χ3v) is 5.35. The largest absolute Gasteiger partial charge is 0.598 e. The van der Waals surface area contributed by atoms with Crippen LogP contribution in [0.4, 0.5) is 4.79 Å². The van der Waals surface area contributed by atoms with Gasteiger partial charge in [0.15, 0.2) is 0 Å². The summed E-state index contributed by atoms with van der Waals surface area (Å²) < 4.78 is 15.0. The van der Waals surface area contributed by atoms with Crippen LogP contribution >= 0.6 is 0 Å². The second-order valence-electron chi connectivity index (χ2n) is 6.35. The van der Waals surface area contributed by atoms with Gasteiger partial charge >= 0.3 is 6.09 Å². The van der Waals surface area contributed by atoms with E-state index in [2.05, 4.69) is 17.0 Å². The van der Waals surface area contributed by atoms with Crippen molar-refractivity contribution in [3.05, 3.63) is 0 Å². The van der Waals surface area contributed by atoms with Crippen molar-refractivity contribution in [3.8, 4) is 0 Å². The van der Waals surface area contributed by atoms with Crippen LogP contribution in [0.1, 0.15) is 53.4 Å². The Labute approximate surface area is 118 Å². The molecule has 112 valence electrons. The number of carbonyl (C=O) groups is 1. The highest BCUT2D eigenvalue weighted by Gasteiger charge is 2.32. The van der Waals surface area contributed by atoms with Crippen molar-refractivity contribution in [1.82, 2.24) is 10.0 Å². The van der Waals surface area contributed by atoms with Crippen LogP contribution in [-0.4, -0.2) is 32.6 Å². The molecule has 0 aromatic carbocycles. The Balaban J connectivity index is 2.36. The summed E-state index contributed by atoms with van der Waals surface area (Å²) in [5.41, 5.74) is 0. The smallest absolute Gasteiger partial charge is 0.404 e. The molecule has 0 aliphatic heterocycles. The molecule has 6 heteroatoms. The zero-order valence-electron chi connectivity index (χ0n) is 12.2. The van der Waals surface area contributed by atoms with Gasteiger partial charge < -0.3 is 15.0 Å². The van der Waals surface area contributed by atoms with Crippen molar-refractivity contribution in [2.45, 2.75) is 70.2 Å². The molecular weight excluding hydrogens is 264 g/mol. The van der Waals surface area contributed by atoms with E-state index in [4.69, 9.17) is 5.11 Å². The maximum Gasteiger partial charge on any atom is 0.404 e. The second-order valence-corrected chi connectivity index (χ2v) is 8.35. The molecule has 0 radical (unpaired) electrons. The second kappa shape index (κ2) is 6.81. The van der Waals surface area contributed by atoms with Crippen molar-refractivity contribution in [1.29, 1.82) is 0 Å². The average Bonchev–Trinajstić information content (AvgIpc) is 2.27. The molecule has 1 aliphatic carbocycles. The lowest BCUT2D eigenvalue weighted by atomic mass is 9.82. The highest BCUT2D eigenvalue weighted by atomic mass is 32.2. The Bertz CT molecular complexity index is 299. The summed E-state index contributed by atoms with van der Waals surface area (Å²) in [5.74, 6) is 0.471. The predicted octanol–water partition coefficient (Wildman–Crippen LogP) is 2.25. The molecule has 19 heavy (non-hydrogen) atoms. The van der Waals surface area contributed by atoms with Crippen LogP contribution in [0.25, 0.3) is 0 Å². The van der Waals surface area contributed by atoms with E-state index in [-0.39, 0.29) is 16.8 Å². The summed E-state index contributed by atoms with van der Waals surface area (Å²) >= 11 is -1.05. The van der Waals surface area contributed by atoms with E-state index in [1.54, 1.807) is 0 Å². The summed E-state index contributed by atoms with van der Waals surface area (Å²) in [4.78, 5) is 10.6. The lowest BCUT2D eigenvalue weighted by Gasteiger charge is -2.34. The molecule has 0 bridgehead atoms. The number of hydrogen-bond donors (Lipinski definition) is 3. The molecule has 1 fully saturated rings. The number of rotatable bonds is 4. The number of nitrogens with one attached hydrogen (secondary N) is 2. The first-order valence-electron chi connectivity index (χ1n) is 6.87. The van der Waals surface area contributed by atoms with E-state index in [1.165, 1.54) is 0 Å². The van der Waals surface area contributed by atoms with E-state index in [1.807, 2.05) is 20.8 Å². The predicted molar refractivity (Wildman–Crippen MR) is 77.4 cm³/mol. The molecular formula is C13H26N2O3S. The van der Waals surface area contributed by atoms with Crippen LogP contribution in [0, 0.1) is 5.92 Å². The zero-order chi connectivity index (χ0) is 14.6. The van der Waals surface area contributed by atoms with E-state index >= 15 is 0 Å². The first-order chi connectivity index (χ1) is 8.70. The van der Waals surface area contributed by atoms with Gasteiger partial charge in [-0.25, -0.2) is 4.79 Å². The molecule has 1 unspecified atom stereocenters. The lowest BCUT2D eigenvalue weighted by Crippen LogP contribution is -2.47. The minimum Gasteiger partial charge on any atom is -0.598 e. The topological polar surface area (TPSA) is 84.4 Å². The summed E-state index contributed by atoms with van der Waals surface area (Å²) in [6.45, 7) is 7.93. The normalized spacial score (nSPS) is 27.6. The first-order valence-corrected chi connectivity index (χ1v) is 8.02. The molecule has 1 aliphatic rings. The van der Waals surface area contributed by atoms with Crippen LogP contribution in [0.5, 0.6) is 0 Å². The molecule has 0 aromatic heterocycles. The molecule has 5 nitrogen and oxygen atoms in total. The highest BCUT2D eigenvalue weighted by Crippen LogP contribution is 2.28. The Hall–Kier alpha value is -0.460. The Kier molecular flexibility index (Phi) is 5.95. The van der Waals surface area contributed by atoms with Gasteiger partial charge in [-0.05, 0) is 59.3 Å². The molecule has 0 saturated heterocycles. The summed E-state index contributed by atoms with van der Waals surface area (Å²) in [6, 6.07) is 0.278. The van der Waals surface area contributed by atoms with E-state index < -0.39 is 17.5 Å². The molecule has 1 amide bonds. The van der Waals surface area contributed by atoms with Gasteiger partial charge in [-0.15, -0.1) is 4.72 Å². The molecule has 1 rings (SSSR count). The fourth-order valence-electron chi connectivity index (χ4n) is 2.38. The monoisotopic (exact) mass is 290 g/mol. The first kappa shape index (κ1) is 16.6. The van der Waals surface area contributed by atoms with Gasteiger partial charge in [0.25, 0.3) is 0 Å². The molecule has 0 spiro atoms. The Morgan fingerprint density at radius 3 is 2.26 bits per heavy atom. The van der Waals surface area contributed by atoms with E-state index in [9.17, 15) is 9.35 Å². The Morgan fingerprint density at radius 2 is 1.84 bits per heavy atom. The fourth-order valence-corrected chi connectivity index (χ4v) is 3.26. The molecule has 0 aromatic rings. The van der Waals surface area contributed by atoms with Crippen LogP contribution in [0.3, 0.4) is 0 Å². The van der Waals surface area contributed by atoms with Gasteiger partial charge in [0.1, 0.15) is 4.75 Å². The van der Waals surface area contributed by atoms with E-state index in [0.717, 1.165) is 25.7 Å². The molecule has 2 atom stereocenters. The van der Waals surface area contributed by atoms with Crippen LogP contribution in [0.15, 0.2) is 0 Å². The standard InChI is InChI=1S/C13H26N2O3S/c1-9(15-19(18)13(2,3)4)10-5-7-11(8-6-10)14-12(16)17/h9-11,14-15H,5-8H2,1-4H3,(H,16,17)/t9-,10?,11?,19?/m1/s1. The fraction of sp³-hybridized carbons (Fsp3) is 0.923. The maximum atomic E-state index is 12.0. The van der Waals surface area contributed by atoms with Gasteiger partial charge in [-0.3, -0.25) is 0 Å². The van der Waals surface area contributed by atoms with Gasteiger partial charge in [0, 0.05) is 17.4 Å². The third kappa shape index (κ3) is 5.58. The number of carboxylic acid groups (broad SMARTS) is 1. The van der Waals surface area contributed by atoms with Crippen molar-refractivity contribution in [2.24, 2.45) is 5.92 Å². The number of hydrogen-bond acceptors (Lipinski definition) is 3. The van der Waals surface area contributed by atoms with Crippen molar-refractivity contribution < 1.29 is 14.5 Å². The highest BCUT2D eigenvalue weighted by molar-refractivity contribution is 7.90. The maximum absolute atomic E-state index is 12.0. The van der Waals surface area contributed by atoms with Crippen LogP contribution in [0.2, 0.25) is 0 Å². The SMILES string of the molecule is C[C@@H](N[S+]([O-])C(C)(C)C)C1CCC(NC(=O)O)CC1. The molecule has 3 N–H and O–H groups in total. The van der Waals surface area contributed by atoms with Gasteiger partial charge in [-0.2, -0.15) is 0 Å². The Morgan fingerprint density at radius 1 is 1.32 bits per heavy atom. The minimum absolute atomic E-state index is 0.0778. The summed E-state index contributed by atoms with van der Waals surface area (Å²) in [6.07, 6.45) is 2.74. The quantitative estimate of drug-likeness (QED) is 0.693. The van der Waals surface area contributed by atoms with Gasteiger partial charge in [0.2, 0.25) is 0 Å². The molecule has 0 heterocycles. The van der Waals surface area contributed by atoms with Gasteiger partial charge in [-0.1, -0.05) is 0 Å². The number of amides is 1. The van der Waals surface area contributed by atoms with Crippen molar-refractivity contribution in [3.63, 3.8) is 0 Å². The minimum atomic E-state index is -1.05. The van der Waals surface area contributed by atoms with E-state index in [0.29, 0.717) is 5.92 Å². The van der Waals surface area contributed by atoms with Crippen LogP contribution in [-0.2, 0) is 11.4 Å². The van der Waals surface area contributed by atoms with Crippen LogP contribution < -0.4 is 10.0 Å². The lowest BCUT2D eigenvalue weighted by molar-refractivity contribution is 0.180. The summed E-state index contributed by atoms with van der Waals surface area (Å²) in [5, 5.41) is 11.2. The van der Waals surface area contributed by atoms with Gasteiger partial charge in [0.05, 0.1) is 6.04 Å².